The Balaban J connectivity index is 4.25. The zero-order valence-corrected chi connectivity index (χ0v) is 8.07. The van der Waals surface area contributed by atoms with Gasteiger partial charge in [-0.25, -0.2) is 0 Å². The van der Waals surface area contributed by atoms with E-state index in [0.29, 0.717) is 13.0 Å². The van der Waals surface area contributed by atoms with E-state index in [1.165, 1.54) is 9.80 Å². The molecule has 0 aliphatic rings. The number of hydrogen-bond donors (Lipinski definition) is 0. The standard InChI is InChI=1S/C8H16N2O2/c1-5-10(6-11)7(2)8(12)9(3)4/h6-7H,5H2,1-4H3. The molecule has 0 aliphatic heterocycles. The van der Waals surface area contributed by atoms with Gasteiger partial charge in [-0.3, -0.25) is 9.59 Å². The molecule has 0 aromatic rings. The molecule has 0 spiro atoms. The first-order chi connectivity index (χ1) is 5.54. The van der Waals surface area contributed by atoms with Crippen LogP contribution in [0.1, 0.15) is 13.8 Å². The summed E-state index contributed by atoms with van der Waals surface area (Å²) in [4.78, 5) is 24.7. The van der Waals surface area contributed by atoms with Crippen LogP contribution in [0.2, 0.25) is 0 Å². The Bertz CT molecular complexity index is 168. The van der Waals surface area contributed by atoms with Gasteiger partial charge in [0.15, 0.2) is 0 Å². The Kier molecular flexibility index (Phi) is 4.33. The maximum Gasteiger partial charge on any atom is 0.244 e. The molecule has 0 aromatic heterocycles. The highest BCUT2D eigenvalue weighted by Crippen LogP contribution is 1.98. The summed E-state index contributed by atoms with van der Waals surface area (Å²) < 4.78 is 0. The summed E-state index contributed by atoms with van der Waals surface area (Å²) in [6.45, 7) is 4.12. The van der Waals surface area contributed by atoms with Crippen LogP contribution in [-0.4, -0.2) is 48.8 Å². The molecule has 1 unspecified atom stereocenters. The third kappa shape index (κ3) is 2.53. The van der Waals surface area contributed by atoms with Crippen molar-refractivity contribution in [1.82, 2.24) is 9.80 Å². The molecule has 0 N–H and O–H groups in total. The lowest BCUT2D eigenvalue weighted by molar-refractivity contribution is -0.137. The molecular weight excluding hydrogens is 156 g/mol. The maximum atomic E-state index is 11.3. The quantitative estimate of drug-likeness (QED) is 0.557. The predicted molar refractivity (Wildman–Crippen MR) is 46.6 cm³/mol. The molecule has 2 amide bonds. The Morgan fingerprint density at radius 3 is 2.25 bits per heavy atom. The minimum atomic E-state index is -0.359. The number of nitrogens with zero attached hydrogens (tertiary/aromatic N) is 2. The highest BCUT2D eigenvalue weighted by molar-refractivity contribution is 5.82. The van der Waals surface area contributed by atoms with Gasteiger partial charge in [-0.2, -0.15) is 0 Å². The van der Waals surface area contributed by atoms with Crippen LogP contribution in [0.15, 0.2) is 0 Å². The topological polar surface area (TPSA) is 40.6 Å². The Morgan fingerprint density at radius 2 is 2.00 bits per heavy atom. The molecule has 0 saturated heterocycles. The van der Waals surface area contributed by atoms with E-state index >= 15 is 0 Å². The van der Waals surface area contributed by atoms with Gasteiger partial charge in [-0.1, -0.05) is 0 Å². The zero-order valence-electron chi connectivity index (χ0n) is 8.07. The molecule has 12 heavy (non-hydrogen) atoms. The Morgan fingerprint density at radius 1 is 1.50 bits per heavy atom. The van der Waals surface area contributed by atoms with Gasteiger partial charge in [0, 0.05) is 20.6 Å². The van der Waals surface area contributed by atoms with Crippen molar-refractivity contribution in [1.29, 1.82) is 0 Å². The number of likely N-dealkylation sites (N-methyl/N-ethyl adjacent to an activating group) is 2. The number of carbonyl (C=O) groups excluding carboxylic acids is 2. The summed E-state index contributed by atoms with van der Waals surface area (Å²) >= 11 is 0. The molecule has 0 rings (SSSR count). The second kappa shape index (κ2) is 4.74. The summed E-state index contributed by atoms with van der Waals surface area (Å²) in [6, 6.07) is -0.359. The monoisotopic (exact) mass is 172 g/mol. The molecule has 0 heterocycles. The van der Waals surface area contributed by atoms with Crippen molar-refractivity contribution in [2.75, 3.05) is 20.6 Å². The van der Waals surface area contributed by atoms with Crippen LogP contribution < -0.4 is 0 Å². The SMILES string of the molecule is CCN(C=O)C(C)C(=O)N(C)C. The molecule has 0 bridgehead atoms. The number of amides is 2. The van der Waals surface area contributed by atoms with E-state index in [4.69, 9.17) is 0 Å². The first kappa shape index (κ1) is 10.9. The van der Waals surface area contributed by atoms with E-state index in [9.17, 15) is 9.59 Å². The van der Waals surface area contributed by atoms with Crippen LogP contribution >= 0.6 is 0 Å². The molecule has 4 nitrogen and oxygen atoms in total. The minimum Gasteiger partial charge on any atom is -0.347 e. The van der Waals surface area contributed by atoms with Gasteiger partial charge in [-0.05, 0) is 13.8 Å². The fraction of sp³-hybridized carbons (Fsp3) is 0.750. The molecule has 1 atom stereocenters. The summed E-state index contributed by atoms with van der Waals surface area (Å²) in [5.74, 6) is -0.0519. The third-order valence-corrected chi connectivity index (χ3v) is 1.80. The minimum absolute atomic E-state index is 0.0519. The number of rotatable bonds is 4. The van der Waals surface area contributed by atoms with Crippen molar-refractivity contribution in [3.63, 3.8) is 0 Å². The lowest BCUT2D eigenvalue weighted by Crippen LogP contribution is -2.43. The maximum absolute atomic E-state index is 11.3. The number of hydrogen-bond acceptors (Lipinski definition) is 2. The van der Waals surface area contributed by atoms with Crippen LogP contribution in [0.3, 0.4) is 0 Å². The van der Waals surface area contributed by atoms with E-state index in [-0.39, 0.29) is 11.9 Å². The van der Waals surface area contributed by atoms with Gasteiger partial charge in [0.2, 0.25) is 12.3 Å². The van der Waals surface area contributed by atoms with Crippen molar-refractivity contribution >= 4 is 12.3 Å². The smallest absolute Gasteiger partial charge is 0.244 e. The van der Waals surface area contributed by atoms with Crippen molar-refractivity contribution < 1.29 is 9.59 Å². The van der Waals surface area contributed by atoms with Crippen LogP contribution in [0, 0.1) is 0 Å². The summed E-state index contributed by atoms with van der Waals surface area (Å²) in [7, 11) is 3.36. The summed E-state index contributed by atoms with van der Waals surface area (Å²) in [6.07, 6.45) is 0.700. The van der Waals surface area contributed by atoms with Crippen LogP contribution in [-0.2, 0) is 9.59 Å². The van der Waals surface area contributed by atoms with Gasteiger partial charge < -0.3 is 9.80 Å². The van der Waals surface area contributed by atoms with Crippen LogP contribution in [0.5, 0.6) is 0 Å². The first-order valence-corrected chi connectivity index (χ1v) is 3.96. The zero-order chi connectivity index (χ0) is 9.72. The average molecular weight is 172 g/mol. The number of carbonyl (C=O) groups is 2. The molecule has 0 aromatic carbocycles. The summed E-state index contributed by atoms with van der Waals surface area (Å²) in [5.41, 5.74) is 0. The second-order valence-corrected chi connectivity index (χ2v) is 2.84. The van der Waals surface area contributed by atoms with Crippen molar-refractivity contribution in [2.24, 2.45) is 0 Å². The molecule has 4 heteroatoms. The predicted octanol–water partition coefficient (Wildman–Crippen LogP) is -0.0586. The molecule has 0 saturated carbocycles. The second-order valence-electron chi connectivity index (χ2n) is 2.84. The van der Waals surface area contributed by atoms with Gasteiger partial charge in [0.05, 0.1) is 0 Å². The van der Waals surface area contributed by atoms with Crippen LogP contribution in [0.4, 0.5) is 0 Å². The Labute approximate surface area is 73.1 Å². The molecule has 0 radical (unpaired) electrons. The van der Waals surface area contributed by atoms with Gasteiger partial charge in [0.1, 0.15) is 6.04 Å². The molecule has 70 valence electrons. The van der Waals surface area contributed by atoms with Crippen molar-refractivity contribution in [3.05, 3.63) is 0 Å². The van der Waals surface area contributed by atoms with E-state index in [1.54, 1.807) is 21.0 Å². The lowest BCUT2D eigenvalue weighted by Gasteiger charge is -2.25. The average Bonchev–Trinajstić information content (AvgIpc) is 2.05. The lowest BCUT2D eigenvalue weighted by atomic mass is 10.2. The molecule has 0 aliphatic carbocycles. The largest absolute Gasteiger partial charge is 0.347 e. The fourth-order valence-corrected chi connectivity index (χ4v) is 0.955. The van der Waals surface area contributed by atoms with E-state index in [1.807, 2.05) is 6.92 Å². The van der Waals surface area contributed by atoms with Crippen molar-refractivity contribution in [3.8, 4) is 0 Å². The Hall–Kier alpha value is -1.06. The van der Waals surface area contributed by atoms with E-state index in [2.05, 4.69) is 0 Å². The highest BCUT2D eigenvalue weighted by atomic mass is 16.2. The molecular formula is C8H16N2O2. The fourth-order valence-electron chi connectivity index (χ4n) is 0.955. The van der Waals surface area contributed by atoms with Crippen LogP contribution in [0.25, 0.3) is 0 Å². The van der Waals surface area contributed by atoms with Gasteiger partial charge in [0.25, 0.3) is 0 Å². The molecule has 0 fully saturated rings. The van der Waals surface area contributed by atoms with E-state index in [0.717, 1.165) is 0 Å². The normalized spacial score (nSPS) is 12.0. The third-order valence-electron chi connectivity index (χ3n) is 1.80. The highest BCUT2D eigenvalue weighted by Gasteiger charge is 2.19. The van der Waals surface area contributed by atoms with Gasteiger partial charge in [-0.15, -0.1) is 0 Å². The first-order valence-electron chi connectivity index (χ1n) is 3.96. The van der Waals surface area contributed by atoms with Crippen molar-refractivity contribution in [2.45, 2.75) is 19.9 Å². The van der Waals surface area contributed by atoms with E-state index < -0.39 is 0 Å². The van der Waals surface area contributed by atoms with Gasteiger partial charge >= 0.3 is 0 Å². The summed E-state index contributed by atoms with van der Waals surface area (Å²) in [5, 5.41) is 0.